The van der Waals surface area contributed by atoms with Crippen molar-refractivity contribution in [3.05, 3.63) is 31.6 Å². The van der Waals surface area contributed by atoms with Crippen molar-refractivity contribution in [2.24, 2.45) is 0 Å². The molecule has 0 aliphatic carbocycles. The number of nitro groups is 2. The van der Waals surface area contributed by atoms with E-state index in [2.05, 4.69) is 29.9 Å². The van der Waals surface area contributed by atoms with E-state index in [-0.39, 0.29) is 23.0 Å². The van der Waals surface area contributed by atoms with Gasteiger partial charge in [-0.25, -0.2) is 29.5 Å². The first-order valence-electron chi connectivity index (χ1n) is 5.33. The minimum Gasteiger partial charge on any atom is -0.242 e. The third-order valence-electron chi connectivity index (χ3n) is 2.41. The first-order valence-corrected chi connectivity index (χ1v) is 5.33. The molecule has 0 saturated carbocycles. The zero-order valence-corrected chi connectivity index (χ0v) is 10.7. The Balaban J connectivity index is 2.34. The molecule has 21 heavy (non-hydrogen) atoms. The van der Waals surface area contributed by atoms with Gasteiger partial charge in [0.1, 0.15) is 11.4 Å². The third kappa shape index (κ3) is 2.67. The Morgan fingerprint density at radius 3 is 1.52 bits per heavy atom. The Hall–Kier alpha value is -3.32. The first kappa shape index (κ1) is 14.1. The molecular formula is C7H8N8O6. The molecule has 0 bridgehead atoms. The number of anilines is 2. The van der Waals surface area contributed by atoms with E-state index in [1.807, 2.05) is 0 Å². The fraction of sp³-hybridized carbons (Fsp3) is 0.429. The lowest BCUT2D eigenvalue weighted by atomic mass is 10.4. The van der Waals surface area contributed by atoms with Crippen LogP contribution in [0.2, 0.25) is 0 Å². The maximum Gasteiger partial charge on any atom is 0.262 e. The zero-order valence-electron chi connectivity index (χ0n) is 10.7. The third-order valence-corrected chi connectivity index (χ3v) is 2.41. The average Bonchev–Trinajstić information content (AvgIpc) is 2.99. The van der Waals surface area contributed by atoms with Gasteiger partial charge in [0.05, 0.1) is 0 Å². The van der Waals surface area contributed by atoms with E-state index >= 15 is 0 Å². The van der Waals surface area contributed by atoms with Gasteiger partial charge in [0.25, 0.3) is 11.6 Å². The molecule has 0 aliphatic rings. The van der Waals surface area contributed by atoms with Gasteiger partial charge in [0.2, 0.25) is 6.67 Å². The van der Waals surface area contributed by atoms with Crippen LogP contribution in [0.1, 0.15) is 11.4 Å². The number of aryl methyl sites for hydroxylation is 2. The highest BCUT2D eigenvalue weighted by atomic mass is 16.7. The monoisotopic (exact) mass is 300 g/mol. The van der Waals surface area contributed by atoms with E-state index in [9.17, 15) is 20.2 Å². The largest absolute Gasteiger partial charge is 0.262 e. The van der Waals surface area contributed by atoms with Crippen LogP contribution >= 0.6 is 0 Å². The molecule has 2 rings (SSSR count). The van der Waals surface area contributed by atoms with Crippen molar-refractivity contribution in [3.8, 4) is 0 Å². The molecule has 0 aliphatic heterocycles. The van der Waals surface area contributed by atoms with Crippen LogP contribution in [0.15, 0.2) is 9.26 Å². The lowest BCUT2D eigenvalue weighted by molar-refractivity contribution is -0.525. The van der Waals surface area contributed by atoms with Crippen molar-refractivity contribution in [2.75, 3.05) is 16.7 Å². The van der Waals surface area contributed by atoms with Gasteiger partial charge in [0, 0.05) is 0 Å². The minimum absolute atomic E-state index is 0.102. The van der Waals surface area contributed by atoms with Crippen molar-refractivity contribution in [1.29, 1.82) is 0 Å². The normalized spacial score (nSPS) is 10.4. The maximum atomic E-state index is 11.1. The summed E-state index contributed by atoms with van der Waals surface area (Å²) in [6.45, 7) is 2.01. The number of rotatable bonds is 6. The van der Waals surface area contributed by atoms with E-state index in [0.29, 0.717) is 10.0 Å². The summed E-state index contributed by atoms with van der Waals surface area (Å²) in [6.07, 6.45) is 0. The molecule has 0 atom stereocenters. The quantitative estimate of drug-likeness (QED) is 0.388. The van der Waals surface area contributed by atoms with E-state index < -0.39 is 16.7 Å². The molecule has 0 aromatic carbocycles. The summed E-state index contributed by atoms with van der Waals surface area (Å²) < 4.78 is 8.70. The molecule has 2 aromatic rings. The fourth-order valence-corrected chi connectivity index (χ4v) is 1.44. The molecular weight excluding hydrogens is 292 g/mol. The average molecular weight is 300 g/mol. The van der Waals surface area contributed by atoms with Crippen molar-refractivity contribution in [3.63, 3.8) is 0 Å². The summed E-state index contributed by atoms with van der Waals surface area (Å²) in [5.74, 6) is -0.526. The van der Waals surface area contributed by atoms with Gasteiger partial charge in [-0.05, 0) is 34.2 Å². The molecule has 0 spiro atoms. The van der Waals surface area contributed by atoms with Gasteiger partial charge in [-0.3, -0.25) is 0 Å². The Bertz CT molecular complexity index is 609. The molecule has 0 saturated heterocycles. The molecule has 0 radical (unpaired) electrons. The molecule has 14 heteroatoms. The summed E-state index contributed by atoms with van der Waals surface area (Å²) in [7, 11) is 0. The molecule has 0 amide bonds. The number of hydrazine groups is 2. The van der Waals surface area contributed by atoms with Gasteiger partial charge >= 0.3 is 0 Å². The summed E-state index contributed by atoms with van der Waals surface area (Å²) in [4.78, 5) is 22.2. The Morgan fingerprint density at radius 2 is 1.29 bits per heavy atom. The molecule has 2 heterocycles. The zero-order chi connectivity index (χ0) is 15.6. The van der Waals surface area contributed by atoms with E-state index in [1.54, 1.807) is 0 Å². The van der Waals surface area contributed by atoms with Crippen LogP contribution in [0.25, 0.3) is 0 Å². The SMILES string of the molecule is Cc1nonc1N(CN(c1nonc1C)[N+](=O)[O-])[N+](=O)[O-]. The standard InChI is InChI=1S/C7H8N8O6/c1-4-6(10-20-8-4)12(14(16)17)3-13(15(18)19)7-5(2)9-21-11-7/h3H2,1-2H3. The number of hydrogen-bond donors (Lipinski definition) is 0. The molecule has 14 nitrogen and oxygen atoms in total. The number of nitrogens with zero attached hydrogens (tertiary/aromatic N) is 8. The highest BCUT2D eigenvalue weighted by Gasteiger charge is 2.35. The predicted molar refractivity (Wildman–Crippen MR) is 61.9 cm³/mol. The fourth-order valence-electron chi connectivity index (χ4n) is 1.44. The van der Waals surface area contributed by atoms with Gasteiger partial charge in [-0.15, -0.1) is 0 Å². The predicted octanol–water partition coefficient (Wildman–Crippen LogP) is -0.277. The summed E-state index contributed by atoms with van der Waals surface area (Å²) in [5, 5.41) is 34.6. The minimum atomic E-state index is -0.883. The van der Waals surface area contributed by atoms with Gasteiger partial charge in [0.15, 0.2) is 10.1 Å². The van der Waals surface area contributed by atoms with Crippen molar-refractivity contribution in [2.45, 2.75) is 13.8 Å². The summed E-state index contributed by atoms with van der Waals surface area (Å²) in [5.41, 5.74) is 0.204. The summed E-state index contributed by atoms with van der Waals surface area (Å²) >= 11 is 0. The smallest absolute Gasteiger partial charge is 0.242 e. The highest BCUT2D eigenvalue weighted by Crippen LogP contribution is 2.19. The topological polar surface area (TPSA) is 171 Å². The van der Waals surface area contributed by atoms with Gasteiger partial charge in [-0.2, -0.15) is 0 Å². The van der Waals surface area contributed by atoms with E-state index in [0.717, 1.165) is 0 Å². The highest BCUT2D eigenvalue weighted by molar-refractivity contribution is 5.42. The van der Waals surface area contributed by atoms with Crippen molar-refractivity contribution < 1.29 is 19.3 Å². The van der Waals surface area contributed by atoms with Crippen LogP contribution in [0.4, 0.5) is 11.6 Å². The van der Waals surface area contributed by atoms with Gasteiger partial charge in [-0.1, -0.05) is 10.3 Å². The molecule has 112 valence electrons. The van der Waals surface area contributed by atoms with Crippen LogP contribution in [0, 0.1) is 34.1 Å². The van der Waals surface area contributed by atoms with E-state index in [1.165, 1.54) is 13.8 Å². The maximum absolute atomic E-state index is 11.1. The molecule has 0 fully saturated rings. The van der Waals surface area contributed by atoms with Crippen LogP contribution in [0.3, 0.4) is 0 Å². The Labute approximate surface area is 115 Å². The summed E-state index contributed by atoms with van der Waals surface area (Å²) in [6, 6.07) is 0. The van der Waals surface area contributed by atoms with Crippen LogP contribution in [-0.2, 0) is 0 Å². The Morgan fingerprint density at radius 1 is 0.905 bits per heavy atom. The van der Waals surface area contributed by atoms with Crippen LogP contribution < -0.4 is 10.0 Å². The molecule has 0 N–H and O–H groups in total. The lowest BCUT2D eigenvalue weighted by Crippen LogP contribution is -2.45. The lowest BCUT2D eigenvalue weighted by Gasteiger charge is -2.15. The number of hydrogen-bond acceptors (Lipinski definition) is 10. The van der Waals surface area contributed by atoms with Crippen LogP contribution in [-0.4, -0.2) is 37.4 Å². The van der Waals surface area contributed by atoms with Crippen molar-refractivity contribution >= 4 is 11.6 Å². The number of aromatic nitrogens is 4. The van der Waals surface area contributed by atoms with E-state index in [4.69, 9.17) is 0 Å². The van der Waals surface area contributed by atoms with Crippen molar-refractivity contribution in [1.82, 2.24) is 20.6 Å². The first-order chi connectivity index (χ1) is 9.91. The Kier molecular flexibility index (Phi) is 3.59. The molecule has 2 aromatic heterocycles. The molecule has 0 unspecified atom stereocenters. The van der Waals surface area contributed by atoms with Gasteiger partial charge < -0.3 is 0 Å². The second-order valence-electron chi connectivity index (χ2n) is 3.76. The second-order valence-corrected chi connectivity index (χ2v) is 3.76. The second kappa shape index (κ2) is 5.35. The van der Waals surface area contributed by atoms with Crippen LogP contribution in [0.5, 0.6) is 0 Å².